The highest BCUT2D eigenvalue weighted by Crippen LogP contribution is 2.42. The van der Waals surface area contributed by atoms with Crippen LogP contribution in [0, 0.1) is 5.82 Å². The molecule has 2 aromatic heterocycles. The van der Waals surface area contributed by atoms with Crippen LogP contribution in [0.1, 0.15) is 18.9 Å². The van der Waals surface area contributed by atoms with Crippen molar-refractivity contribution in [3.63, 3.8) is 0 Å². The van der Waals surface area contributed by atoms with Crippen LogP contribution in [0.5, 0.6) is 5.88 Å². The fraction of sp³-hybridized carbons (Fsp3) is 0.364. The quantitative estimate of drug-likeness (QED) is 0.388. The maximum Gasteiger partial charge on any atom is 0.425 e. The molecule has 0 radical (unpaired) electrons. The first-order valence-electron chi connectivity index (χ1n) is 10.4. The number of methoxy groups -OCH3 is 1. The molecule has 0 fully saturated rings. The van der Waals surface area contributed by atoms with Crippen molar-refractivity contribution in [3.05, 3.63) is 48.0 Å². The van der Waals surface area contributed by atoms with Crippen LogP contribution >= 0.6 is 0 Å². The van der Waals surface area contributed by atoms with Crippen molar-refractivity contribution in [1.82, 2.24) is 15.1 Å². The van der Waals surface area contributed by atoms with Crippen LogP contribution in [0.4, 0.5) is 17.6 Å². The van der Waals surface area contributed by atoms with Crippen LogP contribution in [0.15, 0.2) is 46.2 Å². The molecule has 0 saturated heterocycles. The molecule has 3 heterocycles. The highest BCUT2D eigenvalue weighted by Gasteiger charge is 2.50. The summed E-state index contributed by atoms with van der Waals surface area (Å²) in [5.41, 5.74) is 4.90. The number of rotatable bonds is 7. The largest absolute Gasteiger partial charge is 0.474 e. The maximum absolute atomic E-state index is 14.8. The highest BCUT2D eigenvalue weighted by atomic mass is 19.4. The Morgan fingerprint density at radius 3 is 2.63 bits per heavy atom. The number of ether oxygens (including phenoxy) is 3. The van der Waals surface area contributed by atoms with Crippen molar-refractivity contribution in [1.29, 1.82) is 0 Å². The number of halogens is 4. The molecule has 35 heavy (non-hydrogen) atoms. The molecule has 1 aromatic carbocycles. The van der Waals surface area contributed by atoms with Crippen molar-refractivity contribution < 1.29 is 36.3 Å². The first-order valence-corrected chi connectivity index (χ1v) is 10.4. The predicted molar refractivity (Wildman–Crippen MR) is 115 cm³/mol. The van der Waals surface area contributed by atoms with Gasteiger partial charge in [0.15, 0.2) is 11.9 Å². The van der Waals surface area contributed by atoms with Gasteiger partial charge in [-0.2, -0.15) is 13.2 Å². The molecule has 1 aliphatic heterocycles. The van der Waals surface area contributed by atoms with E-state index in [1.165, 1.54) is 31.5 Å². The fourth-order valence-electron chi connectivity index (χ4n) is 3.59. The van der Waals surface area contributed by atoms with Gasteiger partial charge in [0.05, 0.1) is 24.5 Å². The van der Waals surface area contributed by atoms with Crippen LogP contribution in [-0.4, -0.2) is 53.8 Å². The zero-order valence-electron chi connectivity index (χ0n) is 18.7. The third-order valence-electron chi connectivity index (χ3n) is 5.34. The van der Waals surface area contributed by atoms with E-state index in [-0.39, 0.29) is 11.3 Å². The number of benzene rings is 1. The van der Waals surface area contributed by atoms with Crippen molar-refractivity contribution in [2.75, 3.05) is 20.3 Å². The molecular weight excluding hydrogens is 474 g/mol. The van der Waals surface area contributed by atoms with Gasteiger partial charge in [0.1, 0.15) is 23.8 Å². The van der Waals surface area contributed by atoms with Crippen LogP contribution in [0.3, 0.4) is 0 Å². The van der Waals surface area contributed by atoms with Crippen molar-refractivity contribution in [3.8, 4) is 28.6 Å². The fourth-order valence-corrected chi connectivity index (χ4v) is 3.59. The minimum absolute atomic E-state index is 0.0918. The van der Waals surface area contributed by atoms with Gasteiger partial charge in [-0.25, -0.2) is 19.4 Å². The zero-order valence-corrected chi connectivity index (χ0v) is 18.7. The third kappa shape index (κ3) is 5.34. The lowest BCUT2D eigenvalue weighted by Gasteiger charge is -2.36. The average molecular weight is 495 g/mol. The van der Waals surface area contributed by atoms with Crippen molar-refractivity contribution in [2.24, 2.45) is 10.7 Å². The Morgan fingerprint density at radius 1 is 1.14 bits per heavy atom. The summed E-state index contributed by atoms with van der Waals surface area (Å²) in [4.78, 5) is 12.3. The number of aromatic nitrogens is 3. The number of amidine groups is 1. The second-order valence-corrected chi connectivity index (χ2v) is 7.93. The summed E-state index contributed by atoms with van der Waals surface area (Å²) in [5, 5.41) is 3.96. The third-order valence-corrected chi connectivity index (χ3v) is 5.34. The van der Waals surface area contributed by atoms with E-state index >= 15 is 0 Å². The molecule has 4 rings (SSSR count). The van der Waals surface area contributed by atoms with Gasteiger partial charge in [0, 0.05) is 30.7 Å². The van der Waals surface area contributed by atoms with Gasteiger partial charge < -0.3 is 24.5 Å². The van der Waals surface area contributed by atoms with Crippen molar-refractivity contribution >= 4 is 6.02 Å². The summed E-state index contributed by atoms with van der Waals surface area (Å²) in [6.07, 6.45) is -4.70. The molecule has 0 aliphatic carbocycles. The predicted octanol–water partition coefficient (Wildman–Crippen LogP) is 3.84. The van der Waals surface area contributed by atoms with Gasteiger partial charge in [0.2, 0.25) is 5.88 Å². The van der Waals surface area contributed by atoms with E-state index in [2.05, 4.69) is 24.9 Å². The summed E-state index contributed by atoms with van der Waals surface area (Å²) in [5.74, 6) is -0.201. The van der Waals surface area contributed by atoms with E-state index in [1.54, 1.807) is 13.2 Å². The van der Waals surface area contributed by atoms with E-state index in [1.807, 2.05) is 0 Å². The lowest BCUT2D eigenvalue weighted by atomic mass is 9.84. The molecule has 0 unspecified atom stereocenters. The molecule has 0 bridgehead atoms. The number of hydrogen-bond acceptors (Lipinski definition) is 9. The minimum Gasteiger partial charge on any atom is -0.474 e. The topological polar surface area (TPSA) is 118 Å². The maximum atomic E-state index is 14.8. The number of aliphatic imine (C=N–C) groups is 1. The molecule has 0 spiro atoms. The average Bonchev–Trinajstić information content (AvgIpc) is 3.29. The Balaban J connectivity index is 1.60. The Morgan fingerprint density at radius 2 is 1.94 bits per heavy atom. The number of hydrogen-bond donors (Lipinski definition) is 1. The van der Waals surface area contributed by atoms with Gasteiger partial charge >= 0.3 is 6.18 Å². The molecule has 2 atom stereocenters. The molecule has 1 aliphatic rings. The lowest BCUT2D eigenvalue weighted by molar-refractivity contribution is -0.208. The van der Waals surface area contributed by atoms with Gasteiger partial charge in [-0.3, -0.25) is 0 Å². The molecule has 13 heteroatoms. The molecule has 2 N–H and O–H groups in total. The number of alkyl halides is 3. The van der Waals surface area contributed by atoms with Gasteiger partial charge in [0.25, 0.3) is 6.02 Å². The Bertz CT molecular complexity index is 1220. The van der Waals surface area contributed by atoms with Crippen LogP contribution in [-0.2, 0) is 15.0 Å². The normalized spacial score (nSPS) is 20.3. The van der Waals surface area contributed by atoms with Gasteiger partial charge in [-0.1, -0.05) is 5.16 Å². The molecule has 3 aromatic rings. The Kier molecular flexibility index (Phi) is 6.61. The molecule has 9 nitrogen and oxygen atoms in total. The second-order valence-electron chi connectivity index (χ2n) is 7.93. The second kappa shape index (κ2) is 9.49. The molecule has 0 saturated carbocycles. The monoisotopic (exact) mass is 495 g/mol. The lowest BCUT2D eigenvalue weighted by Crippen LogP contribution is -2.46. The highest BCUT2D eigenvalue weighted by molar-refractivity contribution is 5.73. The molecular formula is C22H21F4N5O4. The smallest absolute Gasteiger partial charge is 0.425 e. The van der Waals surface area contributed by atoms with Crippen LogP contribution in [0.25, 0.3) is 22.7 Å². The molecule has 186 valence electrons. The van der Waals surface area contributed by atoms with Crippen LogP contribution < -0.4 is 10.5 Å². The Labute approximate surface area is 196 Å². The zero-order chi connectivity index (χ0) is 25.2. The van der Waals surface area contributed by atoms with Crippen molar-refractivity contribution in [2.45, 2.75) is 31.2 Å². The van der Waals surface area contributed by atoms with E-state index in [9.17, 15) is 17.6 Å². The van der Waals surface area contributed by atoms with Gasteiger partial charge in [-0.15, -0.1) is 0 Å². The first-order chi connectivity index (χ1) is 16.6. The van der Waals surface area contributed by atoms with Gasteiger partial charge in [-0.05, 0) is 25.1 Å². The summed E-state index contributed by atoms with van der Waals surface area (Å²) < 4.78 is 75.0. The number of nitrogens with two attached hydrogens (primary N) is 1. The summed E-state index contributed by atoms with van der Waals surface area (Å²) in [6.45, 7) is 2.08. The van der Waals surface area contributed by atoms with E-state index in [0.717, 1.165) is 6.07 Å². The van der Waals surface area contributed by atoms with Crippen LogP contribution in [0.2, 0.25) is 0 Å². The van der Waals surface area contributed by atoms with E-state index < -0.39 is 36.1 Å². The molecule has 0 amide bonds. The minimum atomic E-state index is -4.69. The standard InChI is InChI=1S/C22H21F4N5O4/c1-21(9-18(22(24,25)26)34-20(27)30-21)13-7-12(3-4-14(13)23)17-8-15(31-35-17)16-10-29-19(11-28-16)33-6-5-32-2/h3-4,7-8,10-11,18H,5-6,9H2,1-2H3,(H2,27,30)/t18-,21-/m0/s1. The Hall–Kier alpha value is -3.74. The number of nitrogens with zero attached hydrogens (tertiary/aromatic N) is 4. The summed E-state index contributed by atoms with van der Waals surface area (Å²) >= 11 is 0. The summed E-state index contributed by atoms with van der Waals surface area (Å²) in [7, 11) is 1.55. The van der Waals surface area contributed by atoms with E-state index in [4.69, 9.17) is 19.7 Å². The van der Waals surface area contributed by atoms with E-state index in [0.29, 0.717) is 36.0 Å². The summed E-state index contributed by atoms with van der Waals surface area (Å²) in [6, 6.07) is 4.77. The first kappa shape index (κ1) is 24.4. The SMILES string of the molecule is COCCOc1cnc(-c2cc(-c3ccc(F)c([C@]4(C)C[C@@H](C(F)(F)F)OC(N)=N4)c3)on2)cn1.